The summed E-state index contributed by atoms with van der Waals surface area (Å²) in [5.74, 6) is 0.602. The van der Waals surface area contributed by atoms with E-state index < -0.39 is 0 Å². The van der Waals surface area contributed by atoms with Crippen molar-refractivity contribution in [3.8, 4) is 0 Å². The molecule has 34 heavy (non-hydrogen) atoms. The summed E-state index contributed by atoms with van der Waals surface area (Å²) in [4.78, 5) is 13.1. The lowest BCUT2D eigenvalue weighted by Crippen LogP contribution is -2.52. The number of piperazine rings is 1. The fraction of sp³-hybridized carbons (Fsp3) is 0.750. The number of aromatic nitrogens is 2. The molecule has 0 aromatic carbocycles. The summed E-state index contributed by atoms with van der Waals surface area (Å²) in [6.45, 7) is 16.8. The van der Waals surface area contributed by atoms with Gasteiger partial charge in [0, 0.05) is 94.1 Å². The lowest BCUT2D eigenvalue weighted by Gasteiger charge is -2.43. The number of morpholine rings is 1. The van der Waals surface area contributed by atoms with E-state index >= 15 is 0 Å². The van der Waals surface area contributed by atoms with Crippen molar-refractivity contribution in [2.45, 2.75) is 70.9 Å². The third-order valence-corrected chi connectivity index (χ3v) is 8.76. The molecule has 0 spiro atoms. The van der Waals surface area contributed by atoms with Gasteiger partial charge in [0.1, 0.15) is 0 Å². The SMILES string of the molecule is Cc1cc2c(cc(CCN3CCOCC3)n2C)c(C2CCC(N3CCN(C(C)C)CC3)CC2)n1. The number of ether oxygens (including phenoxy) is 1. The Bertz CT molecular complexity index is 947. The highest BCUT2D eigenvalue weighted by Gasteiger charge is 2.31. The number of nitrogens with zero attached hydrogens (tertiary/aromatic N) is 5. The van der Waals surface area contributed by atoms with Crippen molar-refractivity contribution < 1.29 is 4.74 Å². The summed E-state index contributed by atoms with van der Waals surface area (Å²) in [5, 5.41) is 1.40. The van der Waals surface area contributed by atoms with E-state index in [0.29, 0.717) is 12.0 Å². The van der Waals surface area contributed by atoms with Crippen LogP contribution in [0.5, 0.6) is 0 Å². The van der Waals surface area contributed by atoms with Crippen LogP contribution in [-0.4, -0.2) is 95.4 Å². The van der Waals surface area contributed by atoms with Crippen molar-refractivity contribution >= 4 is 10.9 Å². The maximum Gasteiger partial charge on any atom is 0.0594 e. The van der Waals surface area contributed by atoms with E-state index in [4.69, 9.17) is 9.72 Å². The molecule has 2 aliphatic heterocycles. The highest BCUT2D eigenvalue weighted by Crippen LogP contribution is 2.38. The van der Waals surface area contributed by atoms with E-state index in [1.54, 1.807) is 0 Å². The second-order valence-electron chi connectivity index (χ2n) is 11.2. The zero-order chi connectivity index (χ0) is 23.7. The molecule has 4 heterocycles. The van der Waals surface area contributed by atoms with Crippen molar-refractivity contribution in [3.05, 3.63) is 29.2 Å². The second kappa shape index (κ2) is 10.7. The van der Waals surface area contributed by atoms with Crippen molar-refractivity contribution in [2.75, 3.05) is 59.0 Å². The molecule has 2 saturated heterocycles. The molecule has 0 radical (unpaired) electrons. The summed E-state index contributed by atoms with van der Waals surface area (Å²) >= 11 is 0. The van der Waals surface area contributed by atoms with Gasteiger partial charge in [0.2, 0.25) is 0 Å². The molecule has 6 nitrogen and oxygen atoms in total. The minimum atomic E-state index is 0.602. The summed E-state index contributed by atoms with van der Waals surface area (Å²) in [7, 11) is 2.24. The second-order valence-corrected chi connectivity index (χ2v) is 11.2. The smallest absolute Gasteiger partial charge is 0.0594 e. The van der Waals surface area contributed by atoms with Crippen LogP contribution in [0.3, 0.4) is 0 Å². The minimum Gasteiger partial charge on any atom is -0.379 e. The van der Waals surface area contributed by atoms with E-state index in [2.05, 4.69) is 59.2 Å². The maximum absolute atomic E-state index is 5.52. The number of aryl methyl sites for hydroxylation is 2. The largest absolute Gasteiger partial charge is 0.379 e. The average Bonchev–Trinajstić information content (AvgIpc) is 3.18. The molecular formula is C28H45N5O. The molecule has 3 aliphatic rings. The Morgan fingerprint density at radius 3 is 2.35 bits per heavy atom. The first kappa shape index (κ1) is 24.2. The fourth-order valence-electron chi connectivity index (χ4n) is 6.51. The Labute approximate surface area is 206 Å². The molecule has 2 aromatic rings. The topological polar surface area (TPSA) is 36.8 Å². The molecule has 1 saturated carbocycles. The average molecular weight is 468 g/mol. The van der Waals surface area contributed by atoms with Crippen molar-refractivity contribution in [2.24, 2.45) is 7.05 Å². The zero-order valence-electron chi connectivity index (χ0n) is 21.9. The summed E-state index contributed by atoms with van der Waals surface area (Å²) < 4.78 is 7.94. The molecule has 0 N–H and O–H groups in total. The van der Waals surface area contributed by atoms with Gasteiger partial charge in [-0.05, 0) is 58.6 Å². The Hall–Kier alpha value is -1.47. The van der Waals surface area contributed by atoms with Crippen molar-refractivity contribution in [1.29, 1.82) is 0 Å². The minimum absolute atomic E-state index is 0.602. The van der Waals surface area contributed by atoms with Crippen LogP contribution < -0.4 is 0 Å². The van der Waals surface area contributed by atoms with Gasteiger partial charge < -0.3 is 9.30 Å². The van der Waals surface area contributed by atoms with Crippen LogP contribution in [-0.2, 0) is 18.2 Å². The normalized spacial score (nSPS) is 26.0. The summed E-state index contributed by atoms with van der Waals surface area (Å²) in [6, 6.07) is 6.19. The third kappa shape index (κ3) is 5.20. The highest BCUT2D eigenvalue weighted by atomic mass is 16.5. The van der Waals surface area contributed by atoms with Crippen LogP contribution in [0.4, 0.5) is 0 Å². The molecular weight excluding hydrogens is 422 g/mol. The molecule has 1 aliphatic carbocycles. The number of rotatable bonds is 6. The van der Waals surface area contributed by atoms with Crippen LogP contribution >= 0.6 is 0 Å². The van der Waals surface area contributed by atoms with Crippen molar-refractivity contribution in [3.63, 3.8) is 0 Å². The van der Waals surface area contributed by atoms with Crippen LogP contribution in [0.1, 0.15) is 62.5 Å². The lowest BCUT2D eigenvalue weighted by molar-refractivity contribution is 0.0383. The summed E-state index contributed by atoms with van der Waals surface area (Å²) in [5.41, 5.74) is 5.33. The number of hydrogen-bond acceptors (Lipinski definition) is 5. The van der Waals surface area contributed by atoms with Gasteiger partial charge in [-0.2, -0.15) is 0 Å². The molecule has 188 valence electrons. The van der Waals surface area contributed by atoms with Crippen LogP contribution in [0.25, 0.3) is 10.9 Å². The summed E-state index contributed by atoms with van der Waals surface area (Å²) in [6.07, 6.45) is 6.29. The fourth-order valence-corrected chi connectivity index (χ4v) is 6.51. The lowest BCUT2D eigenvalue weighted by atomic mass is 9.82. The first-order valence-corrected chi connectivity index (χ1v) is 13.7. The molecule has 3 fully saturated rings. The Morgan fingerprint density at radius 1 is 0.971 bits per heavy atom. The molecule has 0 unspecified atom stereocenters. The van der Waals surface area contributed by atoms with E-state index in [1.807, 2.05) is 0 Å². The molecule has 0 bridgehead atoms. The predicted molar refractivity (Wildman–Crippen MR) is 140 cm³/mol. The van der Waals surface area contributed by atoms with E-state index in [-0.39, 0.29) is 0 Å². The van der Waals surface area contributed by atoms with Crippen LogP contribution in [0.15, 0.2) is 12.1 Å². The van der Waals surface area contributed by atoms with Gasteiger partial charge in [0.05, 0.1) is 24.4 Å². The molecule has 5 rings (SSSR count). The predicted octanol–water partition coefficient (Wildman–Crippen LogP) is 3.81. The molecule has 0 atom stereocenters. The molecule has 0 amide bonds. The van der Waals surface area contributed by atoms with E-state index in [9.17, 15) is 0 Å². The van der Waals surface area contributed by atoms with Crippen LogP contribution in [0, 0.1) is 6.92 Å². The van der Waals surface area contributed by atoms with E-state index in [1.165, 1.54) is 74.2 Å². The van der Waals surface area contributed by atoms with Crippen LogP contribution in [0.2, 0.25) is 0 Å². The first-order chi connectivity index (χ1) is 16.5. The van der Waals surface area contributed by atoms with Gasteiger partial charge >= 0.3 is 0 Å². The highest BCUT2D eigenvalue weighted by molar-refractivity contribution is 5.84. The van der Waals surface area contributed by atoms with Gasteiger partial charge in [-0.3, -0.25) is 19.7 Å². The van der Waals surface area contributed by atoms with E-state index in [0.717, 1.165) is 51.0 Å². The molecule has 2 aromatic heterocycles. The monoisotopic (exact) mass is 467 g/mol. The van der Waals surface area contributed by atoms with Gasteiger partial charge in [-0.1, -0.05) is 0 Å². The number of fused-ring (bicyclic) bond motifs is 1. The zero-order valence-corrected chi connectivity index (χ0v) is 21.9. The number of pyridine rings is 1. The van der Waals surface area contributed by atoms with Gasteiger partial charge in [0.25, 0.3) is 0 Å². The standard InChI is InChI=1S/C28H45N5O/c1-21(2)32-11-13-33(14-12-32)24-7-5-23(6-8-24)28-26-20-25(9-10-31-15-17-34-18-16-31)30(4)27(26)19-22(3)29-28/h19-21,23-24H,5-18H2,1-4H3. The van der Waals surface area contributed by atoms with Gasteiger partial charge in [-0.25, -0.2) is 0 Å². The Balaban J connectivity index is 1.25. The van der Waals surface area contributed by atoms with Crippen molar-refractivity contribution in [1.82, 2.24) is 24.3 Å². The third-order valence-electron chi connectivity index (χ3n) is 8.76. The van der Waals surface area contributed by atoms with Gasteiger partial charge in [-0.15, -0.1) is 0 Å². The number of hydrogen-bond donors (Lipinski definition) is 0. The molecule has 6 heteroatoms. The Kier molecular flexibility index (Phi) is 7.59. The Morgan fingerprint density at radius 2 is 1.68 bits per heavy atom. The van der Waals surface area contributed by atoms with Gasteiger partial charge in [0.15, 0.2) is 0 Å². The first-order valence-electron chi connectivity index (χ1n) is 13.7. The quantitative estimate of drug-likeness (QED) is 0.646. The maximum atomic E-state index is 5.52.